The average Bonchev–Trinajstić information content (AvgIpc) is 2.16. The summed E-state index contributed by atoms with van der Waals surface area (Å²) < 4.78 is 0. The molecule has 2 atom stereocenters. The molecule has 0 aromatic carbocycles. The van der Waals surface area contributed by atoms with Crippen LogP contribution in [0.5, 0.6) is 0 Å². The quantitative estimate of drug-likeness (QED) is 0.538. The Morgan fingerprint density at radius 3 is 2.83 bits per heavy atom. The first-order chi connectivity index (χ1) is 5.70. The van der Waals surface area contributed by atoms with E-state index in [1.165, 1.54) is 0 Å². The fourth-order valence-electron chi connectivity index (χ4n) is 1.61. The predicted octanol–water partition coefficient (Wildman–Crippen LogP) is -0.212. The van der Waals surface area contributed by atoms with Crippen LogP contribution in [0.1, 0.15) is 19.3 Å². The lowest BCUT2D eigenvalue weighted by Crippen LogP contribution is -2.31. The molecule has 12 heavy (non-hydrogen) atoms. The van der Waals surface area contributed by atoms with E-state index in [0.717, 1.165) is 25.9 Å². The summed E-state index contributed by atoms with van der Waals surface area (Å²) in [4.78, 5) is 10.4. The molecule has 0 amide bonds. The van der Waals surface area contributed by atoms with Gasteiger partial charge in [-0.3, -0.25) is 4.79 Å². The number of aliphatic carboxylic acids is 1. The van der Waals surface area contributed by atoms with Crippen LogP contribution in [0.4, 0.5) is 0 Å². The summed E-state index contributed by atoms with van der Waals surface area (Å²) in [6.45, 7) is 1.81. The molecule has 1 aliphatic rings. The van der Waals surface area contributed by atoms with Crippen LogP contribution in [-0.4, -0.2) is 30.2 Å². The minimum atomic E-state index is -0.739. The van der Waals surface area contributed by atoms with Gasteiger partial charge in [0.05, 0.1) is 0 Å². The van der Waals surface area contributed by atoms with Crippen LogP contribution in [0.2, 0.25) is 0 Å². The highest BCUT2D eigenvalue weighted by molar-refractivity contribution is 5.67. The van der Waals surface area contributed by atoms with Crippen molar-refractivity contribution in [1.82, 2.24) is 5.32 Å². The molecule has 0 aromatic rings. The van der Waals surface area contributed by atoms with Crippen molar-refractivity contribution in [1.29, 1.82) is 0 Å². The van der Waals surface area contributed by atoms with Crippen molar-refractivity contribution in [3.63, 3.8) is 0 Å². The van der Waals surface area contributed by atoms with Gasteiger partial charge >= 0.3 is 5.97 Å². The summed E-state index contributed by atoms with van der Waals surface area (Å²) in [7, 11) is 0. The van der Waals surface area contributed by atoms with E-state index >= 15 is 0 Å². The van der Waals surface area contributed by atoms with Gasteiger partial charge in [-0.25, -0.2) is 0 Å². The molecular weight excluding hydrogens is 156 g/mol. The molecule has 0 aromatic heterocycles. The van der Waals surface area contributed by atoms with Crippen molar-refractivity contribution in [2.45, 2.75) is 25.3 Å². The summed E-state index contributed by atoms with van der Waals surface area (Å²) in [6, 6.07) is 0.0519. The molecule has 0 aliphatic carbocycles. The summed E-state index contributed by atoms with van der Waals surface area (Å²) in [5.74, 6) is -0.588. The van der Waals surface area contributed by atoms with E-state index in [0.29, 0.717) is 0 Å². The predicted molar refractivity (Wildman–Crippen MR) is 45.8 cm³/mol. The molecule has 1 rings (SSSR count). The monoisotopic (exact) mass is 172 g/mol. The summed E-state index contributed by atoms with van der Waals surface area (Å²) in [5, 5.41) is 11.8. The third-order valence-electron chi connectivity index (χ3n) is 2.39. The number of nitrogens with one attached hydrogen (secondary N) is 1. The zero-order valence-electron chi connectivity index (χ0n) is 7.12. The Balaban J connectivity index is 2.41. The molecule has 0 spiro atoms. The van der Waals surface area contributed by atoms with E-state index < -0.39 is 5.97 Å². The van der Waals surface area contributed by atoms with Crippen molar-refractivity contribution in [3.8, 4) is 0 Å². The van der Waals surface area contributed by atoms with E-state index in [1.54, 1.807) is 0 Å². The van der Waals surface area contributed by atoms with Gasteiger partial charge in [-0.05, 0) is 31.8 Å². The highest BCUT2D eigenvalue weighted by Gasteiger charge is 2.22. The Morgan fingerprint density at radius 2 is 2.17 bits per heavy atom. The minimum Gasteiger partial charge on any atom is -0.481 e. The van der Waals surface area contributed by atoms with Gasteiger partial charge in [0, 0.05) is 12.5 Å². The Hall–Kier alpha value is -0.610. The summed E-state index contributed by atoms with van der Waals surface area (Å²) >= 11 is 0. The van der Waals surface area contributed by atoms with E-state index in [1.807, 2.05) is 0 Å². The highest BCUT2D eigenvalue weighted by Crippen LogP contribution is 2.16. The van der Waals surface area contributed by atoms with Crippen LogP contribution < -0.4 is 11.1 Å². The molecule has 1 aliphatic heterocycles. The second-order valence-electron chi connectivity index (χ2n) is 3.35. The molecule has 4 heteroatoms. The molecule has 70 valence electrons. The normalized spacial score (nSPS) is 31.1. The summed E-state index contributed by atoms with van der Waals surface area (Å²) in [6.07, 6.45) is 1.98. The van der Waals surface area contributed by atoms with Crippen LogP contribution in [0.15, 0.2) is 0 Å². The van der Waals surface area contributed by atoms with E-state index in [9.17, 15) is 4.79 Å². The van der Waals surface area contributed by atoms with E-state index in [-0.39, 0.29) is 18.4 Å². The first kappa shape index (κ1) is 9.48. The van der Waals surface area contributed by atoms with Crippen molar-refractivity contribution >= 4 is 5.97 Å². The smallest absolute Gasteiger partial charge is 0.303 e. The molecule has 1 heterocycles. The van der Waals surface area contributed by atoms with Crippen LogP contribution in [0.3, 0.4) is 0 Å². The van der Waals surface area contributed by atoms with Gasteiger partial charge < -0.3 is 16.2 Å². The van der Waals surface area contributed by atoms with Gasteiger partial charge in [-0.1, -0.05) is 0 Å². The van der Waals surface area contributed by atoms with Crippen molar-refractivity contribution in [2.75, 3.05) is 13.1 Å². The van der Waals surface area contributed by atoms with E-state index in [4.69, 9.17) is 10.8 Å². The van der Waals surface area contributed by atoms with Crippen molar-refractivity contribution in [2.24, 2.45) is 11.7 Å². The molecular formula is C8H16N2O2. The van der Waals surface area contributed by atoms with Crippen molar-refractivity contribution < 1.29 is 9.90 Å². The molecule has 1 saturated heterocycles. The Morgan fingerprint density at radius 1 is 1.50 bits per heavy atom. The number of carboxylic acid groups (broad SMARTS) is 1. The third-order valence-corrected chi connectivity index (χ3v) is 2.39. The highest BCUT2D eigenvalue weighted by atomic mass is 16.4. The number of hydrogen-bond acceptors (Lipinski definition) is 3. The standard InChI is InChI=1S/C8H16N2O2/c9-7-2-4-10-3-1-6(7)5-8(11)12/h6-7,10H,1-5,9H2,(H,11,12)/t6-,7-/m1/s1. The number of carbonyl (C=O) groups is 1. The average molecular weight is 172 g/mol. The van der Waals surface area contributed by atoms with Gasteiger partial charge in [0.1, 0.15) is 0 Å². The van der Waals surface area contributed by atoms with Crippen LogP contribution in [0, 0.1) is 5.92 Å². The second-order valence-corrected chi connectivity index (χ2v) is 3.35. The lowest BCUT2D eigenvalue weighted by Gasteiger charge is -2.18. The molecule has 0 radical (unpaired) electrons. The maximum Gasteiger partial charge on any atom is 0.303 e. The zero-order valence-corrected chi connectivity index (χ0v) is 7.12. The maximum absolute atomic E-state index is 10.4. The lowest BCUT2D eigenvalue weighted by molar-refractivity contribution is -0.138. The van der Waals surface area contributed by atoms with Crippen LogP contribution in [-0.2, 0) is 4.79 Å². The number of rotatable bonds is 2. The second kappa shape index (κ2) is 4.42. The fourth-order valence-corrected chi connectivity index (χ4v) is 1.61. The number of carboxylic acids is 1. The molecule has 4 N–H and O–H groups in total. The molecule has 0 bridgehead atoms. The maximum atomic E-state index is 10.4. The largest absolute Gasteiger partial charge is 0.481 e. The molecule has 0 unspecified atom stereocenters. The minimum absolute atomic E-state index is 0.0519. The van der Waals surface area contributed by atoms with Gasteiger partial charge in [-0.2, -0.15) is 0 Å². The molecule has 1 fully saturated rings. The third kappa shape index (κ3) is 2.79. The summed E-state index contributed by atoms with van der Waals surface area (Å²) in [5.41, 5.74) is 5.82. The van der Waals surface area contributed by atoms with Crippen LogP contribution in [0.25, 0.3) is 0 Å². The topological polar surface area (TPSA) is 75.3 Å². The first-order valence-corrected chi connectivity index (χ1v) is 4.38. The number of hydrogen-bond donors (Lipinski definition) is 3. The van der Waals surface area contributed by atoms with Gasteiger partial charge in [0.15, 0.2) is 0 Å². The SMILES string of the molecule is N[C@@H]1CCNCC[C@@H]1CC(=O)O. The van der Waals surface area contributed by atoms with Gasteiger partial charge in [0.25, 0.3) is 0 Å². The Bertz CT molecular complexity index is 161. The van der Waals surface area contributed by atoms with Crippen molar-refractivity contribution in [3.05, 3.63) is 0 Å². The zero-order chi connectivity index (χ0) is 8.97. The lowest BCUT2D eigenvalue weighted by atomic mass is 9.92. The van der Waals surface area contributed by atoms with E-state index in [2.05, 4.69) is 5.32 Å². The molecule has 4 nitrogen and oxygen atoms in total. The first-order valence-electron chi connectivity index (χ1n) is 4.38. The Kier molecular flexibility index (Phi) is 3.49. The van der Waals surface area contributed by atoms with Gasteiger partial charge in [-0.15, -0.1) is 0 Å². The number of nitrogens with two attached hydrogens (primary N) is 1. The fraction of sp³-hybridized carbons (Fsp3) is 0.875. The van der Waals surface area contributed by atoms with Crippen LogP contribution >= 0.6 is 0 Å². The molecule has 0 saturated carbocycles. The van der Waals surface area contributed by atoms with Gasteiger partial charge in [0.2, 0.25) is 0 Å². The Labute approximate surface area is 72.1 Å².